The van der Waals surface area contributed by atoms with Crippen LogP contribution in [0.4, 0.5) is 5.69 Å². The maximum atomic E-state index is 11.4. The fourth-order valence-corrected chi connectivity index (χ4v) is 1.70. The lowest BCUT2D eigenvalue weighted by Crippen LogP contribution is -2.18. The summed E-state index contributed by atoms with van der Waals surface area (Å²) in [5.41, 5.74) is 0.698. The Morgan fingerprint density at radius 2 is 2.14 bits per heavy atom. The van der Waals surface area contributed by atoms with Crippen LogP contribution in [0.25, 0.3) is 0 Å². The summed E-state index contributed by atoms with van der Waals surface area (Å²) in [6, 6.07) is 1.54. The minimum Gasteiger partial charge on any atom is -0.384 e. The van der Waals surface area contributed by atoms with Crippen molar-refractivity contribution in [2.45, 2.75) is 11.8 Å². The van der Waals surface area contributed by atoms with Gasteiger partial charge in [0.15, 0.2) is 0 Å². The predicted octanol–water partition coefficient (Wildman–Crippen LogP) is 0.421. The topological polar surface area (TPSA) is 71.1 Å². The second-order valence-corrected chi connectivity index (χ2v) is 4.53. The molecule has 0 spiro atoms. The van der Waals surface area contributed by atoms with Crippen LogP contribution in [-0.4, -0.2) is 27.0 Å². The zero-order valence-electron chi connectivity index (χ0n) is 8.11. The molecule has 0 aliphatic heterocycles. The van der Waals surface area contributed by atoms with E-state index in [0.29, 0.717) is 5.69 Å². The number of aromatic nitrogens is 1. The van der Waals surface area contributed by atoms with E-state index < -0.39 is 10.0 Å². The van der Waals surface area contributed by atoms with Crippen molar-refractivity contribution >= 4 is 15.7 Å². The Bertz CT molecular complexity index is 403. The highest BCUT2D eigenvalue weighted by Crippen LogP contribution is 2.12. The van der Waals surface area contributed by atoms with Gasteiger partial charge in [-0.05, 0) is 20.0 Å². The Morgan fingerprint density at radius 1 is 1.43 bits per heavy atom. The monoisotopic (exact) mass is 215 g/mol. The van der Waals surface area contributed by atoms with E-state index in [0.717, 1.165) is 6.54 Å². The molecule has 0 amide bonds. The summed E-state index contributed by atoms with van der Waals surface area (Å²) in [7, 11) is -2.02. The Kier molecular flexibility index (Phi) is 3.43. The van der Waals surface area contributed by atoms with E-state index in [9.17, 15) is 8.42 Å². The first-order chi connectivity index (χ1) is 6.60. The number of rotatable bonds is 4. The number of hydrogen-bond donors (Lipinski definition) is 2. The lowest BCUT2D eigenvalue weighted by atomic mass is 10.4. The SMILES string of the molecule is CCNc1cncc(S(=O)(=O)NC)c1. The van der Waals surface area contributed by atoms with Crippen LogP contribution in [-0.2, 0) is 10.0 Å². The Labute approximate surface area is 83.6 Å². The molecule has 78 valence electrons. The van der Waals surface area contributed by atoms with Crippen molar-refractivity contribution in [1.82, 2.24) is 9.71 Å². The van der Waals surface area contributed by atoms with E-state index in [1.54, 1.807) is 12.3 Å². The van der Waals surface area contributed by atoms with Gasteiger partial charge in [-0.15, -0.1) is 0 Å². The minimum absolute atomic E-state index is 0.165. The summed E-state index contributed by atoms with van der Waals surface area (Å²) in [6.07, 6.45) is 2.89. The summed E-state index contributed by atoms with van der Waals surface area (Å²) < 4.78 is 25.0. The van der Waals surface area contributed by atoms with Crippen LogP contribution < -0.4 is 10.0 Å². The number of sulfonamides is 1. The highest BCUT2D eigenvalue weighted by Gasteiger charge is 2.11. The highest BCUT2D eigenvalue weighted by molar-refractivity contribution is 7.89. The number of hydrogen-bond acceptors (Lipinski definition) is 4. The van der Waals surface area contributed by atoms with Crippen LogP contribution in [0.15, 0.2) is 23.4 Å². The van der Waals surface area contributed by atoms with Crippen molar-refractivity contribution in [3.63, 3.8) is 0 Å². The Hall–Kier alpha value is -1.14. The molecule has 0 radical (unpaired) electrons. The van der Waals surface area contributed by atoms with E-state index in [1.807, 2.05) is 6.92 Å². The molecule has 1 aromatic rings. The summed E-state index contributed by atoms with van der Waals surface area (Å²) in [4.78, 5) is 4.00. The van der Waals surface area contributed by atoms with Crippen molar-refractivity contribution in [3.05, 3.63) is 18.5 Å². The zero-order chi connectivity index (χ0) is 10.6. The average molecular weight is 215 g/mol. The molecule has 0 aliphatic rings. The van der Waals surface area contributed by atoms with Gasteiger partial charge in [-0.25, -0.2) is 13.1 Å². The zero-order valence-corrected chi connectivity index (χ0v) is 8.93. The van der Waals surface area contributed by atoms with E-state index in [2.05, 4.69) is 15.0 Å². The molecular formula is C8H13N3O2S. The first kappa shape index (κ1) is 10.9. The molecule has 0 atom stereocenters. The molecule has 0 saturated heterocycles. The summed E-state index contributed by atoms with van der Waals surface area (Å²) in [6.45, 7) is 2.66. The maximum Gasteiger partial charge on any atom is 0.241 e. The molecule has 0 aromatic carbocycles. The highest BCUT2D eigenvalue weighted by atomic mass is 32.2. The van der Waals surface area contributed by atoms with Gasteiger partial charge in [0.1, 0.15) is 4.90 Å². The fraction of sp³-hybridized carbons (Fsp3) is 0.375. The smallest absolute Gasteiger partial charge is 0.241 e. The van der Waals surface area contributed by atoms with Crippen molar-refractivity contribution in [1.29, 1.82) is 0 Å². The summed E-state index contributed by atoms with van der Waals surface area (Å²) >= 11 is 0. The molecule has 6 heteroatoms. The van der Waals surface area contributed by atoms with Gasteiger partial charge in [0.25, 0.3) is 0 Å². The molecule has 5 nitrogen and oxygen atoms in total. The molecule has 1 heterocycles. The summed E-state index contributed by atoms with van der Waals surface area (Å²) in [5.74, 6) is 0. The minimum atomic E-state index is -3.39. The Balaban J connectivity index is 3.06. The molecule has 0 aliphatic carbocycles. The first-order valence-corrected chi connectivity index (χ1v) is 5.71. The van der Waals surface area contributed by atoms with E-state index in [-0.39, 0.29) is 4.90 Å². The normalized spacial score (nSPS) is 11.3. The second-order valence-electron chi connectivity index (χ2n) is 2.65. The molecule has 0 bridgehead atoms. The number of nitrogens with one attached hydrogen (secondary N) is 2. The molecule has 14 heavy (non-hydrogen) atoms. The van der Waals surface area contributed by atoms with E-state index >= 15 is 0 Å². The lowest BCUT2D eigenvalue weighted by Gasteiger charge is -2.05. The van der Waals surface area contributed by atoms with Crippen LogP contribution in [0.2, 0.25) is 0 Å². The molecule has 2 N–H and O–H groups in total. The molecule has 0 unspecified atom stereocenters. The van der Waals surface area contributed by atoms with Gasteiger partial charge in [-0.3, -0.25) is 4.98 Å². The van der Waals surface area contributed by atoms with Gasteiger partial charge < -0.3 is 5.32 Å². The van der Waals surface area contributed by atoms with Crippen LogP contribution in [0.5, 0.6) is 0 Å². The van der Waals surface area contributed by atoms with Gasteiger partial charge in [-0.1, -0.05) is 0 Å². The molecular weight excluding hydrogens is 202 g/mol. The third kappa shape index (κ3) is 2.43. The Morgan fingerprint density at radius 3 is 2.71 bits per heavy atom. The lowest BCUT2D eigenvalue weighted by molar-refractivity contribution is 0.588. The molecule has 1 rings (SSSR count). The largest absolute Gasteiger partial charge is 0.384 e. The molecule has 1 aromatic heterocycles. The van der Waals surface area contributed by atoms with E-state index in [4.69, 9.17) is 0 Å². The standard InChI is InChI=1S/C8H13N3O2S/c1-3-11-7-4-8(6-10-5-7)14(12,13)9-2/h4-6,9,11H,3H2,1-2H3. The van der Waals surface area contributed by atoms with Crippen LogP contribution in [0, 0.1) is 0 Å². The van der Waals surface area contributed by atoms with Crippen LogP contribution in [0.3, 0.4) is 0 Å². The second kappa shape index (κ2) is 4.39. The molecule has 0 saturated carbocycles. The quantitative estimate of drug-likeness (QED) is 0.763. The summed E-state index contributed by atoms with van der Waals surface area (Å²) in [5, 5.41) is 2.99. The van der Waals surface area contributed by atoms with Crippen molar-refractivity contribution in [2.75, 3.05) is 18.9 Å². The van der Waals surface area contributed by atoms with Crippen molar-refractivity contribution < 1.29 is 8.42 Å². The number of nitrogens with zero attached hydrogens (tertiary/aromatic N) is 1. The van der Waals surface area contributed by atoms with Crippen LogP contribution in [0.1, 0.15) is 6.92 Å². The van der Waals surface area contributed by atoms with Gasteiger partial charge >= 0.3 is 0 Å². The van der Waals surface area contributed by atoms with E-state index in [1.165, 1.54) is 13.2 Å². The average Bonchev–Trinajstić information content (AvgIpc) is 2.19. The number of pyridine rings is 1. The molecule has 0 fully saturated rings. The first-order valence-electron chi connectivity index (χ1n) is 4.22. The van der Waals surface area contributed by atoms with Crippen molar-refractivity contribution in [2.24, 2.45) is 0 Å². The van der Waals surface area contributed by atoms with Crippen LogP contribution >= 0.6 is 0 Å². The predicted molar refractivity (Wildman–Crippen MR) is 54.6 cm³/mol. The number of anilines is 1. The van der Waals surface area contributed by atoms with Crippen molar-refractivity contribution in [3.8, 4) is 0 Å². The van der Waals surface area contributed by atoms with Gasteiger partial charge in [0, 0.05) is 12.7 Å². The van der Waals surface area contributed by atoms with Gasteiger partial charge in [-0.2, -0.15) is 0 Å². The third-order valence-corrected chi connectivity index (χ3v) is 3.05. The maximum absolute atomic E-state index is 11.4. The fourth-order valence-electron chi connectivity index (χ4n) is 0.984. The van der Waals surface area contributed by atoms with Gasteiger partial charge in [0.2, 0.25) is 10.0 Å². The van der Waals surface area contributed by atoms with Gasteiger partial charge in [0.05, 0.1) is 11.9 Å². The third-order valence-electron chi connectivity index (χ3n) is 1.67.